The zero-order chi connectivity index (χ0) is 9.68. The van der Waals surface area contributed by atoms with Crippen molar-refractivity contribution in [3.63, 3.8) is 0 Å². The van der Waals surface area contributed by atoms with Crippen LogP contribution in [0.25, 0.3) is 0 Å². The average Bonchev–Trinajstić information content (AvgIpc) is 2.62. The molecular weight excluding hydrogens is 202 g/mol. The van der Waals surface area contributed by atoms with Gasteiger partial charge in [0.15, 0.2) is 0 Å². The molecule has 0 aliphatic rings. The van der Waals surface area contributed by atoms with Crippen LogP contribution in [-0.2, 0) is 6.42 Å². The first kappa shape index (κ1) is 11.0. The summed E-state index contributed by atoms with van der Waals surface area (Å²) in [5.74, 6) is 1.34. The summed E-state index contributed by atoms with van der Waals surface area (Å²) in [6, 6.07) is 0. The van der Waals surface area contributed by atoms with Crippen molar-refractivity contribution in [2.75, 3.05) is 5.88 Å². The Morgan fingerprint density at radius 3 is 3.00 bits per heavy atom. The molecular formula is C10H16ClNS. The number of thiazole rings is 1. The van der Waals surface area contributed by atoms with Gasteiger partial charge in [0.2, 0.25) is 0 Å². The predicted octanol–water partition coefficient (Wildman–Crippen LogP) is 3.83. The molecule has 0 aliphatic heterocycles. The van der Waals surface area contributed by atoms with Crippen molar-refractivity contribution in [1.82, 2.24) is 4.98 Å². The van der Waals surface area contributed by atoms with Gasteiger partial charge in [-0.15, -0.1) is 22.9 Å². The highest BCUT2D eigenvalue weighted by Crippen LogP contribution is 2.22. The SMILES string of the molecule is CCC(C)c1nc(CCCCl)cs1. The fourth-order valence-electron chi connectivity index (χ4n) is 1.09. The second-order valence-electron chi connectivity index (χ2n) is 3.28. The predicted molar refractivity (Wildman–Crippen MR) is 59.9 cm³/mol. The zero-order valence-corrected chi connectivity index (χ0v) is 9.79. The Labute approximate surface area is 89.1 Å². The van der Waals surface area contributed by atoms with Crippen LogP contribution in [-0.4, -0.2) is 10.9 Å². The summed E-state index contributed by atoms with van der Waals surface area (Å²) in [6.07, 6.45) is 3.23. The first-order chi connectivity index (χ1) is 6.27. The van der Waals surface area contributed by atoms with Crippen LogP contribution < -0.4 is 0 Å². The monoisotopic (exact) mass is 217 g/mol. The minimum Gasteiger partial charge on any atom is -0.246 e. The van der Waals surface area contributed by atoms with E-state index in [1.807, 2.05) is 0 Å². The molecule has 1 nitrogen and oxygen atoms in total. The third-order valence-electron chi connectivity index (χ3n) is 2.17. The summed E-state index contributed by atoms with van der Waals surface area (Å²) in [4.78, 5) is 4.58. The van der Waals surface area contributed by atoms with Gasteiger partial charge < -0.3 is 0 Å². The van der Waals surface area contributed by atoms with Gasteiger partial charge in [-0.1, -0.05) is 13.8 Å². The van der Waals surface area contributed by atoms with Crippen LogP contribution in [0.1, 0.15) is 43.3 Å². The third kappa shape index (κ3) is 3.28. The molecule has 0 aromatic carbocycles. The number of rotatable bonds is 5. The van der Waals surface area contributed by atoms with E-state index in [2.05, 4.69) is 24.2 Å². The van der Waals surface area contributed by atoms with E-state index in [-0.39, 0.29) is 0 Å². The van der Waals surface area contributed by atoms with E-state index in [9.17, 15) is 0 Å². The molecule has 0 fully saturated rings. The summed E-state index contributed by atoms with van der Waals surface area (Å²) in [5.41, 5.74) is 1.21. The second-order valence-corrected chi connectivity index (χ2v) is 4.55. The largest absolute Gasteiger partial charge is 0.246 e. The third-order valence-corrected chi connectivity index (χ3v) is 3.56. The highest BCUT2D eigenvalue weighted by Gasteiger charge is 2.07. The zero-order valence-electron chi connectivity index (χ0n) is 8.22. The van der Waals surface area contributed by atoms with Gasteiger partial charge >= 0.3 is 0 Å². The molecule has 1 unspecified atom stereocenters. The van der Waals surface area contributed by atoms with E-state index in [0.717, 1.165) is 18.7 Å². The van der Waals surface area contributed by atoms with Gasteiger partial charge in [0, 0.05) is 17.2 Å². The van der Waals surface area contributed by atoms with Crippen molar-refractivity contribution in [3.8, 4) is 0 Å². The van der Waals surface area contributed by atoms with E-state index in [4.69, 9.17) is 11.6 Å². The second kappa shape index (κ2) is 5.61. The summed E-state index contributed by atoms with van der Waals surface area (Å²) >= 11 is 7.40. The normalized spacial score (nSPS) is 13.2. The lowest BCUT2D eigenvalue weighted by Gasteiger charge is -2.01. The fourth-order valence-corrected chi connectivity index (χ4v) is 2.22. The van der Waals surface area contributed by atoms with Crippen molar-refractivity contribution >= 4 is 22.9 Å². The summed E-state index contributed by atoms with van der Waals surface area (Å²) in [5, 5.41) is 3.43. The first-order valence-corrected chi connectivity index (χ1v) is 6.19. The van der Waals surface area contributed by atoms with Crippen LogP contribution in [0, 0.1) is 0 Å². The quantitative estimate of drug-likeness (QED) is 0.684. The van der Waals surface area contributed by atoms with Gasteiger partial charge in [-0.05, 0) is 19.3 Å². The summed E-state index contributed by atoms with van der Waals surface area (Å²) in [7, 11) is 0. The maximum atomic E-state index is 5.62. The molecule has 74 valence electrons. The van der Waals surface area contributed by atoms with E-state index in [1.54, 1.807) is 11.3 Å². The molecule has 0 N–H and O–H groups in total. The van der Waals surface area contributed by atoms with Crippen molar-refractivity contribution in [2.24, 2.45) is 0 Å². The molecule has 1 aromatic rings. The molecule has 0 amide bonds. The Balaban J connectivity index is 2.53. The fraction of sp³-hybridized carbons (Fsp3) is 0.700. The van der Waals surface area contributed by atoms with Gasteiger partial charge in [0.1, 0.15) is 0 Å². The molecule has 0 saturated heterocycles. The Morgan fingerprint density at radius 2 is 2.38 bits per heavy atom. The number of hydrogen-bond donors (Lipinski definition) is 0. The molecule has 0 radical (unpaired) electrons. The molecule has 1 aromatic heterocycles. The Hall–Kier alpha value is -0.0800. The molecule has 1 rings (SSSR count). The van der Waals surface area contributed by atoms with Gasteiger partial charge in [-0.3, -0.25) is 0 Å². The minimum atomic E-state index is 0.606. The van der Waals surface area contributed by atoms with Gasteiger partial charge in [-0.25, -0.2) is 4.98 Å². The lowest BCUT2D eigenvalue weighted by atomic mass is 10.1. The van der Waals surface area contributed by atoms with E-state index in [0.29, 0.717) is 5.92 Å². The molecule has 0 aliphatic carbocycles. The summed E-state index contributed by atoms with van der Waals surface area (Å²) < 4.78 is 0. The van der Waals surface area contributed by atoms with Crippen LogP contribution in [0.5, 0.6) is 0 Å². The Bertz CT molecular complexity index is 247. The van der Waals surface area contributed by atoms with Crippen LogP contribution in [0.4, 0.5) is 0 Å². The van der Waals surface area contributed by atoms with Gasteiger partial charge in [0.25, 0.3) is 0 Å². The lowest BCUT2D eigenvalue weighted by molar-refractivity contribution is 0.720. The van der Waals surface area contributed by atoms with Gasteiger partial charge in [-0.2, -0.15) is 0 Å². The topological polar surface area (TPSA) is 12.9 Å². The molecule has 13 heavy (non-hydrogen) atoms. The standard InChI is InChI=1S/C10H16ClNS/c1-3-8(2)10-12-9(7-13-10)5-4-6-11/h7-8H,3-6H2,1-2H3. The highest BCUT2D eigenvalue weighted by atomic mass is 35.5. The molecule has 0 saturated carbocycles. The Kier molecular flexibility index (Phi) is 4.74. The number of hydrogen-bond acceptors (Lipinski definition) is 2. The summed E-state index contributed by atoms with van der Waals surface area (Å²) in [6.45, 7) is 4.43. The first-order valence-electron chi connectivity index (χ1n) is 4.78. The van der Waals surface area contributed by atoms with Crippen molar-refractivity contribution in [1.29, 1.82) is 0 Å². The van der Waals surface area contributed by atoms with E-state index in [1.165, 1.54) is 17.1 Å². The lowest BCUT2D eigenvalue weighted by Crippen LogP contribution is -1.92. The number of halogens is 1. The smallest absolute Gasteiger partial charge is 0.0956 e. The minimum absolute atomic E-state index is 0.606. The van der Waals surface area contributed by atoms with Crippen LogP contribution in [0.2, 0.25) is 0 Å². The maximum absolute atomic E-state index is 5.62. The number of aryl methyl sites for hydroxylation is 1. The van der Waals surface area contributed by atoms with Crippen LogP contribution in [0.15, 0.2) is 5.38 Å². The van der Waals surface area contributed by atoms with E-state index < -0.39 is 0 Å². The molecule has 3 heteroatoms. The highest BCUT2D eigenvalue weighted by molar-refractivity contribution is 7.09. The van der Waals surface area contributed by atoms with Crippen LogP contribution >= 0.6 is 22.9 Å². The maximum Gasteiger partial charge on any atom is 0.0956 e. The number of alkyl halides is 1. The van der Waals surface area contributed by atoms with Crippen molar-refractivity contribution in [3.05, 3.63) is 16.1 Å². The Morgan fingerprint density at radius 1 is 1.62 bits per heavy atom. The molecule has 1 heterocycles. The molecule has 1 atom stereocenters. The van der Waals surface area contributed by atoms with Crippen LogP contribution in [0.3, 0.4) is 0 Å². The van der Waals surface area contributed by atoms with E-state index >= 15 is 0 Å². The number of nitrogens with zero attached hydrogens (tertiary/aromatic N) is 1. The molecule has 0 spiro atoms. The van der Waals surface area contributed by atoms with Crippen molar-refractivity contribution in [2.45, 2.75) is 39.0 Å². The van der Waals surface area contributed by atoms with Gasteiger partial charge in [0.05, 0.1) is 10.7 Å². The molecule has 0 bridgehead atoms. The number of aromatic nitrogens is 1. The average molecular weight is 218 g/mol. The van der Waals surface area contributed by atoms with Crippen molar-refractivity contribution < 1.29 is 0 Å².